The van der Waals surface area contributed by atoms with Crippen LogP contribution in [0.4, 0.5) is 0 Å². The summed E-state index contributed by atoms with van der Waals surface area (Å²) in [5.74, 6) is 0.950. The van der Waals surface area contributed by atoms with Crippen LogP contribution < -0.4 is 10.5 Å². The normalized spacial score (nSPS) is 14.8. The highest BCUT2D eigenvalue weighted by atomic mass is 32.2. The summed E-state index contributed by atoms with van der Waals surface area (Å²) in [6, 6.07) is 6.73. The van der Waals surface area contributed by atoms with Crippen LogP contribution in [0, 0.1) is 0 Å². The zero-order chi connectivity index (χ0) is 15.2. The molecule has 0 aromatic heterocycles. The third-order valence-corrected chi connectivity index (χ3v) is 5.89. The highest BCUT2D eigenvalue weighted by molar-refractivity contribution is 7.92. The number of ether oxygens (including phenoxy) is 1. The van der Waals surface area contributed by atoms with Crippen LogP contribution in [0.3, 0.4) is 0 Å². The summed E-state index contributed by atoms with van der Waals surface area (Å²) in [5.41, 5.74) is 6.92. The molecule has 0 radical (unpaired) electrons. The molecular weight excluding hydrogens is 274 g/mol. The lowest BCUT2D eigenvalue weighted by Gasteiger charge is -2.21. The summed E-state index contributed by atoms with van der Waals surface area (Å²) in [4.78, 5) is 0. The zero-order valence-electron chi connectivity index (χ0n) is 12.5. The van der Waals surface area contributed by atoms with E-state index in [1.165, 1.54) is 0 Å². The van der Waals surface area contributed by atoms with E-state index in [4.69, 9.17) is 10.5 Å². The monoisotopic (exact) mass is 299 g/mol. The molecule has 2 atom stereocenters. The van der Waals surface area contributed by atoms with Crippen LogP contribution >= 0.6 is 0 Å². The lowest BCUT2D eigenvalue weighted by atomic mass is 10.1. The van der Waals surface area contributed by atoms with E-state index < -0.39 is 21.1 Å². The van der Waals surface area contributed by atoms with Crippen LogP contribution in [0.15, 0.2) is 24.3 Å². The molecule has 114 valence electrons. The summed E-state index contributed by atoms with van der Waals surface area (Å²) < 4.78 is 29.6. The van der Waals surface area contributed by atoms with Crippen molar-refractivity contribution in [2.24, 2.45) is 5.73 Å². The van der Waals surface area contributed by atoms with Gasteiger partial charge < -0.3 is 10.5 Å². The number of hydrogen-bond acceptors (Lipinski definition) is 4. The third kappa shape index (κ3) is 4.49. The van der Waals surface area contributed by atoms with Crippen LogP contribution in [0.5, 0.6) is 5.75 Å². The molecule has 0 heterocycles. The number of benzene rings is 1. The molecular formula is C15H25NO3S. The molecule has 0 saturated carbocycles. The average Bonchev–Trinajstić information content (AvgIpc) is 2.46. The maximum absolute atomic E-state index is 12.2. The van der Waals surface area contributed by atoms with Crippen molar-refractivity contribution in [1.29, 1.82) is 0 Å². The third-order valence-electron chi connectivity index (χ3n) is 3.61. The first-order valence-electron chi connectivity index (χ1n) is 7.03. The zero-order valence-corrected chi connectivity index (χ0v) is 13.3. The number of methoxy groups -OCH3 is 1. The van der Waals surface area contributed by atoms with E-state index in [-0.39, 0.29) is 5.75 Å². The van der Waals surface area contributed by atoms with Gasteiger partial charge in [0.05, 0.1) is 18.1 Å². The molecule has 2 unspecified atom stereocenters. The Morgan fingerprint density at radius 1 is 1.20 bits per heavy atom. The second-order valence-corrected chi connectivity index (χ2v) is 7.56. The molecule has 0 aliphatic carbocycles. The lowest BCUT2D eigenvalue weighted by Crippen LogP contribution is -2.32. The molecule has 5 heteroatoms. The van der Waals surface area contributed by atoms with Gasteiger partial charge in [0.2, 0.25) is 0 Å². The minimum Gasteiger partial charge on any atom is -0.497 e. The average molecular weight is 299 g/mol. The molecule has 0 bridgehead atoms. The molecule has 0 amide bonds. The van der Waals surface area contributed by atoms with E-state index >= 15 is 0 Å². The molecule has 1 rings (SSSR count). The van der Waals surface area contributed by atoms with Gasteiger partial charge in [-0.2, -0.15) is 0 Å². The Labute approximate surface area is 122 Å². The Morgan fingerprint density at radius 2 is 1.80 bits per heavy atom. The fraction of sp³-hybridized carbons (Fsp3) is 0.600. The van der Waals surface area contributed by atoms with Crippen molar-refractivity contribution >= 4 is 9.84 Å². The molecule has 4 nitrogen and oxygen atoms in total. The van der Waals surface area contributed by atoms with Crippen LogP contribution in [0.2, 0.25) is 0 Å². The van der Waals surface area contributed by atoms with Crippen molar-refractivity contribution < 1.29 is 13.2 Å². The first kappa shape index (κ1) is 17.0. The molecule has 0 fully saturated rings. The van der Waals surface area contributed by atoms with E-state index in [0.29, 0.717) is 6.42 Å². The Morgan fingerprint density at radius 3 is 2.30 bits per heavy atom. The molecule has 2 N–H and O–H groups in total. The van der Waals surface area contributed by atoms with E-state index in [9.17, 15) is 8.42 Å². The summed E-state index contributed by atoms with van der Waals surface area (Å²) >= 11 is 0. The molecule has 0 aliphatic heterocycles. The van der Waals surface area contributed by atoms with Crippen molar-refractivity contribution in [1.82, 2.24) is 0 Å². The Bertz CT molecular complexity index is 496. The Hall–Kier alpha value is -1.07. The van der Waals surface area contributed by atoms with Crippen molar-refractivity contribution in [3.05, 3.63) is 29.8 Å². The summed E-state index contributed by atoms with van der Waals surface area (Å²) in [6.07, 6.45) is 2.65. The number of sulfone groups is 1. The second kappa shape index (κ2) is 7.64. The fourth-order valence-electron chi connectivity index (χ4n) is 2.06. The van der Waals surface area contributed by atoms with Crippen molar-refractivity contribution in [2.45, 2.75) is 44.4 Å². The van der Waals surface area contributed by atoms with Gasteiger partial charge in [-0.1, -0.05) is 31.9 Å². The van der Waals surface area contributed by atoms with Gasteiger partial charge in [0, 0.05) is 6.04 Å². The number of nitrogens with two attached hydrogens (primary N) is 1. The summed E-state index contributed by atoms with van der Waals surface area (Å²) in [6.45, 7) is 3.75. The van der Waals surface area contributed by atoms with Crippen LogP contribution in [0.1, 0.15) is 44.7 Å². The van der Waals surface area contributed by atoms with E-state index in [1.54, 1.807) is 26.2 Å². The minimum atomic E-state index is -3.15. The van der Waals surface area contributed by atoms with Gasteiger partial charge in [-0.25, -0.2) is 8.42 Å². The van der Waals surface area contributed by atoms with Crippen molar-refractivity contribution in [2.75, 3.05) is 12.9 Å². The van der Waals surface area contributed by atoms with Crippen LogP contribution in [-0.4, -0.2) is 26.5 Å². The molecule has 1 aromatic carbocycles. The molecule has 20 heavy (non-hydrogen) atoms. The van der Waals surface area contributed by atoms with Gasteiger partial charge in [0.15, 0.2) is 9.84 Å². The minimum absolute atomic E-state index is 0.214. The second-order valence-electron chi connectivity index (χ2n) is 5.08. The number of unbranched alkanes of at least 4 members (excludes halogenated alkanes) is 2. The summed E-state index contributed by atoms with van der Waals surface area (Å²) in [7, 11) is -1.56. The van der Waals surface area contributed by atoms with Crippen molar-refractivity contribution in [3.8, 4) is 5.75 Å². The molecule has 0 aliphatic rings. The fourth-order valence-corrected chi connectivity index (χ4v) is 3.64. The van der Waals surface area contributed by atoms with Gasteiger partial charge in [-0.15, -0.1) is 0 Å². The molecule has 1 aromatic rings. The molecule has 0 spiro atoms. The first-order valence-corrected chi connectivity index (χ1v) is 8.75. The predicted molar refractivity (Wildman–Crippen MR) is 82.7 cm³/mol. The maximum Gasteiger partial charge on any atom is 0.154 e. The van der Waals surface area contributed by atoms with Crippen LogP contribution in [-0.2, 0) is 9.84 Å². The first-order chi connectivity index (χ1) is 9.42. The lowest BCUT2D eigenvalue weighted by molar-refractivity contribution is 0.414. The van der Waals surface area contributed by atoms with Gasteiger partial charge in [0.25, 0.3) is 0 Å². The highest BCUT2D eigenvalue weighted by Crippen LogP contribution is 2.23. The predicted octanol–water partition coefficient (Wildman–Crippen LogP) is 2.69. The highest BCUT2D eigenvalue weighted by Gasteiger charge is 2.27. The largest absolute Gasteiger partial charge is 0.497 e. The van der Waals surface area contributed by atoms with E-state index in [0.717, 1.165) is 24.2 Å². The standard InChI is InChI=1S/C15H25NO3S/c1-4-5-6-11-20(17,18)12(2)15(16)13-7-9-14(19-3)10-8-13/h7-10,12,15H,4-6,11,16H2,1-3H3. The summed E-state index contributed by atoms with van der Waals surface area (Å²) in [5, 5.41) is -0.576. The van der Waals surface area contributed by atoms with Gasteiger partial charge in [0.1, 0.15) is 5.75 Å². The quantitative estimate of drug-likeness (QED) is 0.749. The Kier molecular flexibility index (Phi) is 6.49. The van der Waals surface area contributed by atoms with E-state index in [1.807, 2.05) is 12.1 Å². The number of rotatable bonds is 8. The van der Waals surface area contributed by atoms with Gasteiger partial charge in [-0.3, -0.25) is 0 Å². The topological polar surface area (TPSA) is 69.4 Å². The van der Waals surface area contributed by atoms with Gasteiger partial charge in [-0.05, 0) is 31.0 Å². The van der Waals surface area contributed by atoms with Crippen molar-refractivity contribution in [3.63, 3.8) is 0 Å². The smallest absolute Gasteiger partial charge is 0.154 e. The molecule has 0 saturated heterocycles. The SMILES string of the molecule is CCCCCS(=O)(=O)C(C)C(N)c1ccc(OC)cc1. The van der Waals surface area contributed by atoms with E-state index in [2.05, 4.69) is 6.92 Å². The number of hydrogen-bond donors (Lipinski definition) is 1. The maximum atomic E-state index is 12.2. The van der Waals surface area contributed by atoms with Gasteiger partial charge >= 0.3 is 0 Å². The Balaban J connectivity index is 2.76. The van der Waals surface area contributed by atoms with Crippen LogP contribution in [0.25, 0.3) is 0 Å².